The van der Waals surface area contributed by atoms with Gasteiger partial charge in [-0.3, -0.25) is 4.79 Å². The molecule has 104 valence electrons. The molecule has 6 heteroatoms. The number of benzene rings is 1. The van der Waals surface area contributed by atoms with Crippen molar-refractivity contribution in [2.24, 2.45) is 5.73 Å². The highest BCUT2D eigenvalue weighted by atomic mass is 35.5. The summed E-state index contributed by atoms with van der Waals surface area (Å²) in [5.74, 6) is -0.743. The van der Waals surface area contributed by atoms with Gasteiger partial charge in [-0.15, -0.1) is 0 Å². The Morgan fingerprint density at radius 2 is 2.00 bits per heavy atom. The van der Waals surface area contributed by atoms with Crippen LogP contribution in [-0.2, 0) is 11.2 Å². The summed E-state index contributed by atoms with van der Waals surface area (Å²) in [5.41, 5.74) is 6.25. The van der Waals surface area contributed by atoms with Gasteiger partial charge in [-0.05, 0) is 36.2 Å². The molecule has 0 saturated heterocycles. The minimum absolute atomic E-state index is 0.309. The summed E-state index contributed by atoms with van der Waals surface area (Å²) in [5, 5.41) is 0.734. The van der Waals surface area contributed by atoms with E-state index in [0.717, 1.165) is 5.56 Å². The number of hydrogen-bond acceptors (Lipinski definition) is 3. The number of thioether (sulfide) groups is 1. The zero-order valence-electron chi connectivity index (χ0n) is 10.4. The van der Waals surface area contributed by atoms with Crippen LogP contribution in [-0.4, -0.2) is 16.1 Å². The molecule has 2 aromatic rings. The van der Waals surface area contributed by atoms with Crippen LogP contribution in [0.4, 0.5) is 4.39 Å². The highest BCUT2D eigenvalue weighted by Crippen LogP contribution is 2.25. The van der Waals surface area contributed by atoms with Gasteiger partial charge in [0.1, 0.15) is 5.82 Å². The molecule has 0 bridgehead atoms. The Bertz CT molecular complexity index is 542. The lowest BCUT2D eigenvalue weighted by molar-refractivity contribution is -0.117. The average Bonchev–Trinajstić information content (AvgIpc) is 2.42. The fourth-order valence-corrected chi connectivity index (χ4v) is 2.67. The Kier molecular flexibility index (Phi) is 4.98. The number of halogens is 2. The topological polar surface area (TPSA) is 56.0 Å². The van der Waals surface area contributed by atoms with E-state index in [2.05, 4.69) is 4.98 Å². The first kappa shape index (κ1) is 14.8. The molecule has 0 saturated carbocycles. The van der Waals surface area contributed by atoms with Crippen LogP contribution in [0.2, 0.25) is 5.02 Å². The molecule has 1 atom stereocenters. The minimum atomic E-state index is -0.464. The molecule has 3 nitrogen and oxygen atoms in total. The molecular formula is C14H12ClFN2OS. The summed E-state index contributed by atoms with van der Waals surface area (Å²) < 4.78 is 12.8. The lowest BCUT2D eigenvalue weighted by atomic mass is 10.1. The fraction of sp³-hybridized carbons (Fsp3) is 0.143. The van der Waals surface area contributed by atoms with Crippen LogP contribution in [0.3, 0.4) is 0 Å². The van der Waals surface area contributed by atoms with Crippen molar-refractivity contribution in [2.45, 2.75) is 16.7 Å². The van der Waals surface area contributed by atoms with Crippen LogP contribution in [0.5, 0.6) is 0 Å². The quantitative estimate of drug-likeness (QED) is 0.864. The summed E-state index contributed by atoms with van der Waals surface area (Å²) >= 11 is 7.02. The van der Waals surface area contributed by atoms with E-state index in [1.54, 1.807) is 24.3 Å². The molecule has 1 amide bonds. The van der Waals surface area contributed by atoms with Crippen LogP contribution in [0.15, 0.2) is 47.6 Å². The predicted octanol–water partition coefficient (Wildman–Crippen LogP) is 3.06. The van der Waals surface area contributed by atoms with Crippen molar-refractivity contribution in [3.05, 3.63) is 59.0 Å². The smallest absolute Gasteiger partial charge is 0.231 e. The summed E-state index contributed by atoms with van der Waals surface area (Å²) in [7, 11) is 0. The Labute approximate surface area is 125 Å². The van der Waals surface area contributed by atoms with E-state index < -0.39 is 11.2 Å². The Morgan fingerprint density at radius 3 is 2.55 bits per heavy atom. The van der Waals surface area contributed by atoms with E-state index >= 15 is 0 Å². The number of aromatic nitrogens is 1. The van der Waals surface area contributed by atoms with Crippen molar-refractivity contribution in [3.8, 4) is 0 Å². The molecule has 0 aliphatic heterocycles. The molecular weight excluding hydrogens is 299 g/mol. The van der Waals surface area contributed by atoms with Crippen LogP contribution >= 0.6 is 23.4 Å². The number of amides is 1. The molecule has 0 aliphatic carbocycles. The number of carbonyl (C=O) groups excluding carboxylic acids is 1. The molecule has 0 radical (unpaired) electrons. The maximum Gasteiger partial charge on any atom is 0.231 e. The lowest BCUT2D eigenvalue weighted by Crippen LogP contribution is -2.27. The zero-order chi connectivity index (χ0) is 14.5. The van der Waals surface area contributed by atoms with Crippen molar-refractivity contribution < 1.29 is 9.18 Å². The second-order valence-electron chi connectivity index (χ2n) is 4.15. The first-order valence-corrected chi connectivity index (χ1v) is 7.12. The summed E-state index contributed by atoms with van der Waals surface area (Å²) in [6.45, 7) is 0. The molecule has 0 fully saturated rings. The molecule has 2 N–H and O–H groups in total. The maximum atomic E-state index is 12.8. The lowest BCUT2D eigenvalue weighted by Gasteiger charge is -2.12. The SMILES string of the molecule is NC(=O)[C@H](Cc1ccc(F)cc1)Sc1ccc(Cl)cn1. The van der Waals surface area contributed by atoms with Crippen molar-refractivity contribution in [1.82, 2.24) is 4.98 Å². The third-order valence-electron chi connectivity index (χ3n) is 2.61. The van der Waals surface area contributed by atoms with E-state index in [1.165, 1.54) is 30.1 Å². The van der Waals surface area contributed by atoms with Crippen molar-refractivity contribution in [3.63, 3.8) is 0 Å². The van der Waals surface area contributed by atoms with Gasteiger partial charge in [0.25, 0.3) is 0 Å². The van der Waals surface area contributed by atoms with Crippen molar-refractivity contribution in [1.29, 1.82) is 0 Å². The van der Waals surface area contributed by atoms with Gasteiger partial charge in [0.15, 0.2) is 0 Å². The number of pyridine rings is 1. The van der Waals surface area contributed by atoms with Gasteiger partial charge in [-0.1, -0.05) is 35.5 Å². The van der Waals surface area contributed by atoms with E-state index in [1.807, 2.05) is 0 Å². The van der Waals surface area contributed by atoms with Crippen LogP contribution < -0.4 is 5.73 Å². The average molecular weight is 311 g/mol. The normalized spacial score (nSPS) is 12.1. The highest BCUT2D eigenvalue weighted by molar-refractivity contribution is 8.00. The van der Waals surface area contributed by atoms with E-state index in [9.17, 15) is 9.18 Å². The number of nitrogens with two attached hydrogens (primary N) is 1. The molecule has 0 aliphatic rings. The number of nitrogens with zero attached hydrogens (tertiary/aromatic N) is 1. The van der Waals surface area contributed by atoms with Gasteiger partial charge in [0, 0.05) is 6.20 Å². The van der Waals surface area contributed by atoms with Crippen molar-refractivity contribution in [2.75, 3.05) is 0 Å². The van der Waals surface area contributed by atoms with Crippen LogP contribution in [0, 0.1) is 5.82 Å². The van der Waals surface area contributed by atoms with Crippen LogP contribution in [0.25, 0.3) is 0 Å². The number of hydrogen-bond donors (Lipinski definition) is 1. The standard InChI is InChI=1S/C14H12ClFN2OS/c15-10-3-6-13(18-8-10)20-12(14(17)19)7-9-1-4-11(16)5-2-9/h1-6,8,12H,7H2,(H2,17,19)/t12-/m0/s1. The van der Waals surface area contributed by atoms with Crippen LogP contribution in [0.1, 0.15) is 5.56 Å². The van der Waals surface area contributed by atoms with Gasteiger partial charge in [-0.2, -0.15) is 0 Å². The number of carbonyl (C=O) groups is 1. The maximum absolute atomic E-state index is 12.8. The van der Waals surface area contributed by atoms with Gasteiger partial charge in [-0.25, -0.2) is 9.37 Å². The number of primary amides is 1. The van der Waals surface area contributed by atoms with Crippen molar-refractivity contribution >= 4 is 29.3 Å². The molecule has 20 heavy (non-hydrogen) atoms. The second kappa shape index (κ2) is 6.72. The molecule has 0 spiro atoms. The van der Waals surface area contributed by atoms with Gasteiger partial charge >= 0.3 is 0 Å². The van der Waals surface area contributed by atoms with Gasteiger partial charge < -0.3 is 5.73 Å². The Balaban J connectivity index is 2.09. The second-order valence-corrected chi connectivity index (χ2v) is 5.81. The van der Waals surface area contributed by atoms with Gasteiger partial charge in [0.2, 0.25) is 5.91 Å². The monoisotopic (exact) mass is 310 g/mol. The number of rotatable bonds is 5. The largest absolute Gasteiger partial charge is 0.369 e. The molecule has 1 aromatic carbocycles. The summed E-state index contributed by atoms with van der Waals surface area (Å²) in [4.78, 5) is 15.6. The van der Waals surface area contributed by atoms with E-state index in [4.69, 9.17) is 17.3 Å². The third kappa shape index (κ3) is 4.21. The molecule has 1 aromatic heterocycles. The zero-order valence-corrected chi connectivity index (χ0v) is 12.0. The summed E-state index contributed by atoms with van der Waals surface area (Å²) in [6.07, 6.45) is 1.93. The Hall–Kier alpha value is -1.59. The Morgan fingerprint density at radius 1 is 1.30 bits per heavy atom. The minimum Gasteiger partial charge on any atom is -0.369 e. The van der Waals surface area contributed by atoms with E-state index in [0.29, 0.717) is 16.5 Å². The first-order valence-electron chi connectivity index (χ1n) is 5.86. The first-order chi connectivity index (χ1) is 9.54. The predicted molar refractivity (Wildman–Crippen MR) is 78.2 cm³/mol. The van der Waals surface area contributed by atoms with Gasteiger partial charge in [0.05, 0.1) is 15.3 Å². The molecule has 1 heterocycles. The third-order valence-corrected chi connectivity index (χ3v) is 4.01. The fourth-order valence-electron chi connectivity index (χ4n) is 1.61. The highest BCUT2D eigenvalue weighted by Gasteiger charge is 2.18. The summed E-state index contributed by atoms with van der Waals surface area (Å²) in [6, 6.07) is 9.43. The molecule has 0 unspecified atom stereocenters. The van der Waals surface area contributed by atoms with E-state index in [-0.39, 0.29) is 5.82 Å². The molecule has 2 rings (SSSR count).